The van der Waals surface area contributed by atoms with Gasteiger partial charge in [0.2, 0.25) is 0 Å². The van der Waals surface area contributed by atoms with Crippen molar-refractivity contribution in [2.75, 3.05) is 13.6 Å². The lowest BCUT2D eigenvalue weighted by atomic mass is 10.2. The van der Waals surface area contributed by atoms with Gasteiger partial charge in [-0.2, -0.15) is 4.98 Å². The summed E-state index contributed by atoms with van der Waals surface area (Å²) in [6, 6.07) is 5.68. The lowest BCUT2D eigenvalue weighted by molar-refractivity contribution is 0.422. The minimum absolute atomic E-state index is 0.509. The molecular weight excluding hydrogens is 352 g/mol. The number of nitrogens with zero attached hydrogens (tertiary/aromatic N) is 2. The second kappa shape index (κ2) is 5.79. The topological polar surface area (TPSA) is 51.0 Å². The van der Waals surface area contributed by atoms with Crippen LogP contribution in [-0.2, 0) is 6.42 Å². The summed E-state index contributed by atoms with van der Waals surface area (Å²) in [6.07, 6.45) is 0.748. The second-order valence-corrected chi connectivity index (χ2v) is 5.07. The van der Waals surface area contributed by atoms with Gasteiger partial charge in [-0.1, -0.05) is 16.8 Å². The Morgan fingerprint density at radius 1 is 1.47 bits per heavy atom. The van der Waals surface area contributed by atoms with Crippen molar-refractivity contribution in [2.24, 2.45) is 0 Å². The Morgan fingerprint density at radius 3 is 3.00 bits per heavy atom. The molecule has 0 aliphatic carbocycles. The minimum atomic E-state index is 0.509. The molecule has 0 bridgehead atoms. The third-order valence-electron chi connectivity index (χ3n) is 2.23. The maximum absolute atomic E-state index is 6.05. The molecule has 17 heavy (non-hydrogen) atoms. The molecule has 1 aromatic carbocycles. The fourth-order valence-corrected chi connectivity index (χ4v) is 1.85. The van der Waals surface area contributed by atoms with Gasteiger partial charge in [-0.05, 0) is 47.8 Å². The van der Waals surface area contributed by atoms with Crippen LogP contribution in [0.2, 0.25) is 5.02 Å². The van der Waals surface area contributed by atoms with Crippen LogP contribution in [-0.4, -0.2) is 23.7 Å². The van der Waals surface area contributed by atoms with Crippen LogP contribution < -0.4 is 5.32 Å². The van der Waals surface area contributed by atoms with Crippen molar-refractivity contribution in [2.45, 2.75) is 6.42 Å². The molecule has 0 radical (unpaired) electrons. The van der Waals surface area contributed by atoms with Crippen LogP contribution in [0.15, 0.2) is 22.7 Å². The monoisotopic (exact) mass is 363 g/mol. The molecule has 0 atom stereocenters. The van der Waals surface area contributed by atoms with Gasteiger partial charge in [-0.15, -0.1) is 0 Å². The van der Waals surface area contributed by atoms with Crippen LogP contribution in [0.4, 0.5) is 0 Å². The van der Waals surface area contributed by atoms with Crippen LogP contribution in [0, 0.1) is 3.57 Å². The molecule has 0 unspecified atom stereocenters. The molecule has 4 nitrogen and oxygen atoms in total. The first-order valence-electron chi connectivity index (χ1n) is 5.13. The number of benzene rings is 1. The predicted molar refractivity (Wildman–Crippen MR) is 75.1 cm³/mol. The maximum atomic E-state index is 6.05. The first kappa shape index (κ1) is 12.8. The molecule has 0 aliphatic heterocycles. The smallest absolute Gasteiger partial charge is 0.257 e. The highest BCUT2D eigenvalue weighted by molar-refractivity contribution is 14.1. The quantitative estimate of drug-likeness (QED) is 0.849. The Bertz CT molecular complexity index is 515. The third kappa shape index (κ3) is 3.17. The molecule has 0 fully saturated rings. The van der Waals surface area contributed by atoms with E-state index < -0.39 is 0 Å². The summed E-state index contributed by atoms with van der Waals surface area (Å²) >= 11 is 8.22. The Balaban J connectivity index is 2.21. The maximum Gasteiger partial charge on any atom is 0.257 e. The first-order chi connectivity index (χ1) is 8.20. The van der Waals surface area contributed by atoms with Crippen molar-refractivity contribution in [3.05, 3.63) is 32.6 Å². The zero-order valence-corrected chi connectivity index (χ0v) is 12.1. The standard InChI is InChI=1S/C11H11ClIN3O/c1-14-5-4-10-15-11(17-16-10)7-2-3-9(13)8(12)6-7/h2-3,6,14H,4-5H2,1H3. The second-order valence-electron chi connectivity index (χ2n) is 3.50. The van der Waals surface area contributed by atoms with Crippen molar-refractivity contribution < 1.29 is 4.52 Å². The van der Waals surface area contributed by atoms with Crippen LogP contribution >= 0.6 is 34.2 Å². The zero-order chi connectivity index (χ0) is 12.3. The lowest BCUT2D eigenvalue weighted by Crippen LogP contribution is -2.10. The highest BCUT2D eigenvalue weighted by atomic mass is 127. The predicted octanol–water partition coefficient (Wildman–Crippen LogP) is 2.76. The number of hydrogen-bond acceptors (Lipinski definition) is 4. The van der Waals surface area contributed by atoms with Crippen LogP contribution in [0.1, 0.15) is 5.82 Å². The molecule has 1 heterocycles. The molecular formula is C11H11ClIN3O. The van der Waals surface area contributed by atoms with E-state index in [4.69, 9.17) is 16.1 Å². The van der Waals surface area contributed by atoms with Crippen molar-refractivity contribution >= 4 is 34.2 Å². The Kier molecular flexibility index (Phi) is 4.36. The number of halogens is 2. The average Bonchev–Trinajstić information content (AvgIpc) is 2.79. The molecule has 1 aromatic heterocycles. The van der Waals surface area contributed by atoms with Gasteiger partial charge < -0.3 is 9.84 Å². The van der Waals surface area contributed by atoms with Crippen molar-refractivity contribution in [3.8, 4) is 11.5 Å². The van der Waals surface area contributed by atoms with Gasteiger partial charge in [0.25, 0.3) is 5.89 Å². The third-order valence-corrected chi connectivity index (χ3v) is 3.81. The van der Waals surface area contributed by atoms with Crippen LogP contribution in [0.25, 0.3) is 11.5 Å². The van der Waals surface area contributed by atoms with Crippen LogP contribution in [0.3, 0.4) is 0 Å². The number of rotatable bonds is 4. The van der Waals surface area contributed by atoms with Gasteiger partial charge in [0, 0.05) is 22.1 Å². The average molecular weight is 364 g/mol. The fraction of sp³-hybridized carbons (Fsp3) is 0.273. The van der Waals surface area contributed by atoms with Gasteiger partial charge in [-0.3, -0.25) is 0 Å². The fourth-order valence-electron chi connectivity index (χ4n) is 1.34. The molecule has 0 amide bonds. The van der Waals surface area contributed by atoms with E-state index in [0.29, 0.717) is 16.7 Å². The van der Waals surface area contributed by atoms with Gasteiger partial charge >= 0.3 is 0 Å². The number of hydrogen-bond donors (Lipinski definition) is 1. The first-order valence-corrected chi connectivity index (χ1v) is 6.59. The number of likely N-dealkylation sites (N-methyl/N-ethyl adjacent to an activating group) is 1. The van der Waals surface area contributed by atoms with Crippen molar-refractivity contribution in [1.29, 1.82) is 0 Å². The normalized spacial score (nSPS) is 10.8. The molecule has 0 aliphatic rings. The zero-order valence-electron chi connectivity index (χ0n) is 9.20. The molecule has 1 N–H and O–H groups in total. The summed E-state index contributed by atoms with van der Waals surface area (Å²) in [5.41, 5.74) is 0.846. The van der Waals surface area contributed by atoms with E-state index in [0.717, 1.165) is 22.1 Å². The molecule has 0 spiro atoms. The Hall–Kier alpha value is -0.660. The molecule has 0 saturated carbocycles. The van der Waals surface area contributed by atoms with Crippen molar-refractivity contribution in [3.63, 3.8) is 0 Å². The Morgan fingerprint density at radius 2 is 2.29 bits per heavy atom. The summed E-state index contributed by atoms with van der Waals surface area (Å²) in [4.78, 5) is 4.31. The van der Waals surface area contributed by atoms with Gasteiger partial charge in [-0.25, -0.2) is 0 Å². The molecule has 2 aromatic rings. The lowest BCUT2D eigenvalue weighted by Gasteiger charge is -1.97. The highest BCUT2D eigenvalue weighted by Gasteiger charge is 2.09. The number of aromatic nitrogens is 2. The van der Waals surface area contributed by atoms with Gasteiger partial charge in [0.15, 0.2) is 5.82 Å². The van der Waals surface area contributed by atoms with Crippen LogP contribution in [0.5, 0.6) is 0 Å². The summed E-state index contributed by atoms with van der Waals surface area (Å²) < 4.78 is 6.20. The minimum Gasteiger partial charge on any atom is -0.334 e. The number of nitrogens with one attached hydrogen (secondary N) is 1. The SMILES string of the molecule is CNCCc1noc(-c2ccc(I)c(Cl)c2)n1. The highest BCUT2D eigenvalue weighted by Crippen LogP contribution is 2.25. The molecule has 0 saturated heterocycles. The van der Waals surface area contributed by atoms with E-state index in [2.05, 4.69) is 38.0 Å². The van der Waals surface area contributed by atoms with E-state index in [1.807, 2.05) is 25.2 Å². The van der Waals surface area contributed by atoms with E-state index in [1.54, 1.807) is 0 Å². The summed E-state index contributed by atoms with van der Waals surface area (Å²) in [5, 5.41) is 7.64. The van der Waals surface area contributed by atoms with Crippen molar-refractivity contribution in [1.82, 2.24) is 15.5 Å². The summed E-state index contributed by atoms with van der Waals surface area (Å²) in [7, 11) is 1.89. The Labute approximate surface area is 118 Å². The molecule has 2 rings (SSSR count). The van der Waals surface area contributed by atoms with E-state index in [9.17, 15) is 0 Å². The van der Waals surface area contributed by atoms with E-state index >= 15 is 0 Å². The van der Waals surface area contributed by atoms with E-state index in [-0.39, 0.29) is 0 Å². The molecule has 6 heteroatoms. The van der Waals surface area contributed by atoms with E-state index in [1.165, 1.54) is 0 Å². The van der Waals surface area contributed by atoms with Gasteiger partial charge in [0.1, 0.15) is 0 Å². The van der Waals surface area contributed by atoms with Gasteiger partial charge in [0.05, 0.1) is 5.02 Å². The molecule has 90 valence electrons. The summed E-state index contributed by atoms with van der Waals surface area (Å²) in [6.45, 7) is 0.826. The largest absolute Gasteiger partial charge is 0.334 e. The summed E-state index contributed by atoms with van der Waals surface area (Å²) in [5.74, 6) is 1.21.